The molecule has 1 amide bonds. The largest absolute Gasteiger partial charge is 0.399 e. The molecule has 0 radical (unpaired) electrons. The van der Waals surface area contributed by atoms with Crippen LogP contribution in [0.1, 0.15) is 12.2 Å². The lowest BCUT2D eigenvalue weighted by Gasteiger charge is -2.05. The van der Waals surface area contributed by atoms with E-state index in [1.807, 2.05) is 18.5 Å². The Morgan fingerprint density at radius 1 is 1.35 bits per heavy atom. The van der Waals surface area contributed by atoms with Crippen LogP contribution in [0.5, 0.6) is 0 Å². The average molecular weight is 291 g/mol. The molecule has 20 heavy (non-hydrogen) atoms. The van der Waals surface area contributed by atoms with Gasteiger partial charge in [-0.3, -0.25) is 4.79 Å². The third-order valence-electron chi connectivity index (χ3n) is 2.81. The van der Waals surface area contributed by atoms with Gasteiger partial charge in [0, 0.05) is 30.6 Å². The lowest BCUT2D eigenvalue weighted by atomic mass is 10.3. The number of benzene rings is 1. The number of aryl methyl sites for hydroxylation is 1. The normalized spacial score (nSPS) is 10.5. The Hall–Kier alpha value is -2.02. The molecule has 1 heterocycles. The molecule has 1 aromatic heterocycles. The third kappa shape index (κ3) is 3.74. The number of nitrogens with two attached hydrogens (primary N) is 1. The van der Waals surface area contributed by atoms with Crippen LogP contribution in [0.2, 0.25) is 0 Å². The Bertz CT molecular complexity index is 593. The van der Waals surface area contributed by atoms with Crippen molar-refractivity contribution in [2.75, 3.05) is 16.8 Å². The van der Waals surface area contributed by atoms with Gasteiger partial charge in [-0.25, -0.2) is 0 Å². The summed E-state index contributed by atoms with van der Waals surface area (Å²) < 4.78 is 1.91. The fraction of sp³-hybridized carbons (Fsp3) is 0.308. The summed E-state index contributed by atoms with van der Waals surface area (Å²) in [6, 6.07) is 7.08. The van der Waals surface area contributed by atoms with Crippen LogP contribution in [-0.2, 0) is 11.8 Å². The summed E-state index contributed by atoms with van der Waals surface area (Å²) in [5, 5.41) is 11.7. The van der Waals surface area contributed by atoms with Crippen LogP contribution in [0.25, 0.3) is 0 Å². The van der Waals surface area contributed by atoms with Gasteiger partial charge in [-0.1, -0.05) is 11.8 Å². The summed E-state index contributed by atoms with van der Waals surface area (Å²) in [4.78, 5) is 11.8. The molecule has 0 unspecified atom stereocenters. The number of hydrogen-bond donors (Lipinski definition) is 2. The highest BCUT2D eigenvalue weighted by Crippen LogP contribution is 2.17. The number of nitrogen functional groups attached to an aromatic ring is 1. The zero-order valence-electron chi connectivity index (χ0n) is 11.5. The van der Waals surface area contributed by atoms with Crippen LogP contribution >= 0.6 is 11.8 Å². The Morgan fingerprint density at radius 2 is 2.05 bits per heavy atom. The molecule has 0 atom stereocenters. The molecule has 1 aromatic carbocycles. The molecule has 0 aliphatic carbocycles. The van der Waals surface area contributed by atoms with Crippen LogP contribution in [0.15, 0.2) is 29.4 Å². The number of anilines is 2. The van der Waals surface area contributed by atoms with Gasteiger partial charge in [-0.15, -0.1) is 10.2 Å². The monoisotopic (exact) mass is 291 g/mol. The molecule has 3 N–H and O–H groups in total. The van der Waals surface area contributed by atoms with E-state index >= 15 is 0 Å². The fourth-order valence-electron chi connectivity index (χ4n) is 1.54. The van der Waals surface area contributed by atoms with Crippen LogP contribution in [0.3, 0.4) is 0 Å². The third-order valence-corrected chi connectivity index (χ3v) is 3.83. The standard InChI is InChI=1S/C13H17N5OS/c1-9-16-17-13(18(9)2)20-8-7-12(19)15-11-5-3-10(14)4-6-11/h3-6H,7-8,14H2,1-2H3,(H,15,19). The molecule has 0 spiro atoms. The van der Waals surface area contributed by atoms with E-state index in [1.54, 1.807) is 24.3 Å². The summed E-state index contributed by atoms with van der Waals surface area (Å²) in [5.41, 5.74) is 7.02. The van der Waals surface area contributed by atoms with Gasteiger partial charge in [0.25, 0.3) is 0 Å². The molecule has 106 valence electrons. The number of rotatable bonds is 5. The lowest BCUT2D eigenvalue weighted by Crippen LogP contribution is -2.12. The van der Waals surface area contributed by atoms with Gasteiger partial charge in [0.1, 0.15) is 5.82 Å². The van der Waals surface area contributed by atoms with Gasteiger partial charge in [0.2, 0.25) is 5.91 Å². The maximum Gasteiger partial charge on any atom is 0.225 e. The minimum atomic E-state index is -0.0267. The molecule has 2 rings (SSSR count). The van der Waals surface area contributed by atoms with Crippen LogP contribution < -0.4 is 11.1 Å². The Labute approximate surface area is 121 Å². The lowest BCUT2D eigenvalue weighted by molar-refractivity contribution is -0.115. The number of nitrogens with one attached hydrogen (secondary N) is 1. The van der Waals surface area contributed by atoms with Crippen molar-refractivity contribution in [1.29, 1.82) is 0 Å². The van der Waals surface area contributed by atoms with E-state index < -0.39 is 0 Å². The predicted octanol–water partition coefficient (Wildman–Crippen LogP) is 1.83. The number of hydrogen-bond acceptors (Lipinski definition) is 5. The smallest absolute Gasteiger partial charge is 0.225 e. The van der Waals surface area contributed by atoms with E-state index in [0.717, 1.165) is 16.7 Å². The van der Waals surface area contributed by atoms with E-state index in [0.29, 0.717) is 17.9 Å². The molecular formula is C13H17N5OS. The zero-order valence-corrected chi connectivity index (χ0v) is 12.3. The Kier molecular flexibility index (Phi) is 4.62. The Balaban J connectivity index is 1.78. The van der Waals surface area contributed by atoms with E-state index in [4.69, 9.17) is 5.73 Å². The maximum atomic E-state index is 11.8. The first-order chi connectivity index (χ1) is 9.56. The summed E-state index contributed by atoms with van der Waals surface area (Å²) in [7, 11) is 1.91. The van der Waals surface area contributed by atoms with Crippen molar-refractivity contribution < 1.29 is 4.79 Å². The summed E-state index contributed by atoms with van der Waals surface area (Å²) in [6.45, 7) is 1.89. The first-order valence-electron chi connectivity index (χ1n) is 6.20. The van der Waals surface area contributed by atoms with Crippen molar-refractivity contribution in [3.05, 3.63) is 30.1 Å². The van der Waals surface area contributed by atoms with Gasteiger partial charge >= 0.3 is 0 Å². The highest BCUT2D eigenvalue weighted by atomic mass is 32.2. The molecule has 6 nitrogen and oxygen atoms in total. The molecule has 0 bridgehead atoms. The summed E-state index contributed by atoms with van der Waals surface area (Å²) in [6.07, 6.45) is 0.418. The first-order valence-corrected chi connectivity index (χ1v) is 7.19. The second-order valence-corrected chi connectivity index (χ2v) is 5.42. The van der Waals surface area contributed by atoms with Crippen LogP contribution in [0, 0.1) is 6.92 Å². The molecule has 0 saturated carbocycles. The van der Waals surface area contributed by atoms with Gasteiger partial charge in [-0.05, 0) is 31.2 Å². The van der Waals surface area contributed by atoms with Gasteiger partial charge in [0.15, 0.2) is 5.16 Å². The van der Waals surface area contributed by atoms with Crippen molar-refractivity contribution in [1.82, 2.24) is 14.8 Å². The highest BCUT2D eigenvalue weighted by molar-refractivity contribution is 7.99. The predicted molar refractivity (Wildman–Crippen MR) is 80.6 cm³/mol. The minimum Gasteiger partial charge on any atom is -0.399 e. The second kappa shape index (κ2) is 6.42. The number of amides is 1. The Morgan fingerprint density at radius 3 is 2.65 bits per heavy atom. The number of nitrogens with zero attached hydrogens (tertiary/aromatic N) is 3. The number of thioether (sulfide) groups is 1. The molecule has 2 aromatic rings. The van der Waals surface area contributed by atoms with Crippen LogP contribution in [0.4, 0.5) is 11.4 Å². The van der Waals surface area contributed by atoms with Crippen LogP contribution in [-0.4, -0.2) is 26.4 Å². The molecule has 0 aliphatic heterocycles. The summed E-state index contributed by atoms with van der Waals surface area (Å²) >= 11 is 1.52. The number of carbonyl (C=O) groups is 1. The van der Waals surface area contributed by atoms with Gasteiger partial charge < -0.3 is 15.6 Å². The molecule has 0 aliphatic rings. The molecule has 7 heteroatoms. The average Bonchev–Trinajstić information content (AvgIpc) is 2.73. The van der Waals surface area contributed by atoms with Gasteiger partial charge in [-0.2, -0.15) is 0 Å². The van der Waals surface area contributed by atoms with E-state index in [1.165, 1.54) is 11.8 Å². The minimum absolute atomic E-state index is 0.0267. The summed E-state index contributed by atoms with van der Waals surface area (Å²) in [5.74, 6) is 1.49. The first kappa shape index (κ1) is 14.4. The van der Waals surface area contributed by atoms with E-state index in [-0.39, 0.29) is 5.91 Å². The van der Waals surface area contributed by atoms with Crippen molar-refractivity contribution in [3.8, 4) is 0 Å². The number of aromatic nitrogens is 3. The van der Waals surface area contributed by atoms with Crippen molar-refractivity contribution >= 4 is 29.0 Å². The van der Waals surface area contributed by atoms with Crippen molar-refractivity contribution in [2.45, 2.75) is 18.5 Å². The SMILES string of the molecule is Cc1nnc(SCCC(=O)Nc2ccc(N)cc2)n1C. The maximum absolute atomic E-state index is 11.8. The quantitative estimate of drug-likeness (QED) is 0.648. The topological polar surface area (TPSA) is 85.8 Å². The second-order valence-electron chi connectivity index (χ2n) is 4.36. The zero-order chi connectivity index (χ0) is 14.5. The molecule has 0 saturated heterocycles. The van der Waals surface area contributed by atoms with E-state index in [2.05, 4.69) is 15.5 Å². The fourth-order valence-corrected chi connectivity index (χ4v) is 2.43. The van der Waals surface area contributed by atoms with Gasteiger partial charge in [0.05, 0.1) is 0 Å². The highest BCUT2D eigenvalue weighted by Gasteiger charge is 2.07. The van der Waals surface area contributed by atoms with E-state index in [9.17, 15) is 4.79 Å². The number of carbonyl (C=O) groups excluding carboxylic acids is 1. The van der Waals surface area contributed by atoms with Crippen molar-refractivity contribution in [2.24, 2.45) is 7.05 Å². The molecular weight excluding hydrogens is 274 g/mol. The van der Waals surface area contributed by atoms with Crippen molar-refractivity contribution in [3.63, 3.8) is 0 Å². The molecule has 0 fully saturated rings.